The summed E-state index contributed by atoms with van der Waals surface area (Å²) in [6, 6.07) is 16.0. The van der Waals surface area contributed by atoms with E-state index >= 15 is 0 Å². The Morgan fingerprint density at radius 3 is 2.54 bits per heavy atom. The second-order valence-electron chi connectivity index (χ2n) is 6.27. The molecule has 0 radical (unpaired) electrons. The van der Waals surface area contributed by atoms with Gasteiger partial charge in [-0.3, -0.25) is 9.59 Å². The summed E-state index contributed by atoms with van der Waals surface area (Å²) in [6.45, 7) is 3.97. The molecule has 0 aliphatic carbocycles. The molecule has 3 rings (SSSR count). The third-order valence-corrected chi connectivity index (χ3v) is 5.02. The van der Waals surface area contributed by atoms with E-state index in [1.165, 1.54) is 22.5 Å². The summed E-state index contributed by atoms with van der Waals surface area (Å²) in [5.74, 6) is 0.771. The van der Waals surface area contributed by atoms with Crippen LogP contribution in [0.2, 0.25) is 0 Å². The fraction of sp³-hybridized carbons (Fsp3) is 0.190. The molecule has 28 heavy (non-hydrogen) atoms. The van der Waals surface area contributed by atoms with E-state index in [0.717, 1.165) is 16.8 Å². The fourth-order valence-electron chi connectivity index (χ4n) is 2.66. The lowest BCUT2D eigenvalue weighted by atomic mass is 10.1. The number of rotatable bonds is 6. The molecule has 1 heterocycles. The van der Waals surface area contributed by atoms with Gasteiger partial charge in [0.15, 0.2) is 0 Å². The molecule has 0 bridgehead atoms. The summed E-state index contributed by atoms with van der Waals surface area (Å²) in [5, 5.41) is 7.85. The summed E-state index contributed by atoms with van der Waals surface area (Å²) in [5.41, 5.74) is 3.36. The zero-order valence-corrected chi connectivity index (χ0v) is 16.7. The fourth-order valence-corrected chi connectivity index (χ4v) is 3.31. The maximum atomic E-state index is 12.3. The van der Waals surface area contributed by atoms with Crippen molar-refractivity contribution in [1.29, 1.82) is 0 Å². The van der Waals surface area contributed by atoms with E-state index in [9.17, 15) is 9.59 Å². The number of hydrogen-bond donors (Lipinski definition) is 1. The molecule has 0 unspecified atom stereocenters. The van der Waals surface area contributed by atoms with E-state index < -0.39 is 0 Å². The lowest BCUT2D eigenvalue weighted by molar-refractivity contribution is -0.113. The van der Waals surface area contributed by atoms with Crippen molar-refractivity contribution in [2.24, 2.45) is 0 Å². The molecule has 3 aromatic rings. The molecule has 0 saturated heterocycles. The summed E-state index contributed by atoms with van der Waals surface area (Å²) in [4.78, 5) is 24.4. The molecule has 0 saturated carbocycles. The van der Waals surface area contributed by atoms with E-state index in [0.29, 0.717) is 16.5 Å². The topological polar surface area (TPSA) is 73.2 Å². The highest BCUT2D eigenvalue weighted by molar-refractivity contribution is 7.99. The molecule has 1 amide bonds. The molecular formula is C21H21N3O3S. The van der Waals surface area contributed by atoms with Crippen LogP contribution in [0.4, 0.5) is 5.69 Å². The van der Waals surface area contributed by atoms with Crippen LogP contribution < -0.4 is 15.6 Å². The summed E-state index contributed by atoms with van der Waals surface area (Å²) >= 11 is 1.27. The highest BCUT2D eigenvalue weighted by Crippen LogP contribution is 2.19. The van der Waals surface area contributed by atoms with E-state index in [4.69, 9.17) is 4.74 Å². The predicted molar refractivity (Wildman–Crippen MR) is 112 cm³/mol. The van der Waals surface area contributed by atoms with Gasteiger partial charge in [0.25, 0.3) is 5.56 Å². The SMILES string of the molecule is COc1ccc(-n2nc(SCC(=O)Nc3ccc(C)cc3C)ccc2=O)cc1. The van der Waals surface area contributed by atoms with Crippen molar-refractivity contribution in [2.75, 3.05) is 18.2 Å². The number of anilines is 1. The van der Waals surface area contributed by atoms with Gasteiger partial charge < -0.3 is 10.1 Å². The zero-order valence-electron chi connectivity index (χ0n) is 15.9. The highest BCUT2D eigenvalue weighted by atomic mass is 32.2. The number of carbonyl (C=O) groups is 1. The quantitative estimate of drug-likeness (QED) is 0.646. The molecule has 0 fully saturated rings. The first-order valence-electron chi connectivity index (χ1n) is 8.71. The minimum absolute atomic E-state index is 0.124. The molecule has 1 aromatic heterocycles. The predicted octanol–water partition coefficient (Wildman–Crippen LogP) is 3.59. The van der Waals surface area contributed by atoms with E-state index in [1.54, 1.807) is 37.4 Å². The van der Waals surface area contributed by atoms with E-state index in [-0.39, 0.29) is 17.2 Å². The van der Waals surface area contributed by atoms with Gasteiger partial charge in [-0.25, -0.2) is 0 Å². The van der Waals surface area contributed by atoms with Crippen LogP contribution in [-0.2, 0) is 4.79 Å². The molecule has 7 heteroatoms. The normalized spacial score (nSPS) is 10.5. The maximum absolute atomic E-state index is 12.3. The Morgan fingerprint density at radius 2 is 1.86 bits per heavy atom. The molecular weight excluding hydrogens is 374 g/mol. The van der Waals surface area contributed by atoms with Crippen LogP contribution in [0.3, 0.4) is 0 Å². The summed E-state index contributed by atoms with van der Waals surface area (Å²) < 4.78 is 6.44. The Balaban J connectivity index is 1.69. The molecule has 2 aromatic carbocycles. The Kier molecular flexibility index (Phi) is 6.16. The summed E-state index contributed by atoms with van der Waals surface area (Å²) in [7, 11) is 1.58. The number of hydrogen-bond acceptors (Lipinski definition) is 5. The second-order valence-corrected chi connectivity index (χ2v) is 7.27. The summed E-state index contributed by atoms with van der Waals surface area (Å²) in [6.07, 6.45) is 0. The highest BCUT2D eigenvalue weighted by Gasteiger charge is 2.09. The van der Waals surface area contributed by atoms with Crippen molar-refractivity contribution in [1.82, 2.24) is 9.78 Å². The number of thioether (sulfide) groups is 1. The zero-order chi connectivity index (χ0) is 20.1. The van der Waals surface area contributed by atoms with Crippen LogP contribution in [0, 0.1) is 13.8 Å². The van der Waals surface area contributed by atoms with Crippen molar-refractivity contribution in [2.45, 2.75) is 18.9 Å². The van der Waals surface area contributed by atoms with Crippen molar-refractivity contribution < 1.29 is 9.53 Å². The van der Waals surface area contributed by atoms with Crippen molar-refractivity contribution in [3.63, 3.8) is 0 Å². The number of benzene rings is 2. The minimum Gasteiger partial charge on any atom is -0.497 e. The van der Waals surface area contributed by atoms with Crippen LogP contribution in [0.1, 0.15) is 11.1 Å². The van der Waals surface area contributed by atoms with Gasteiger partial charge in [-0.15, -0.1) is 0 Å². The first-order valence-corrected chi connectivity index (χ1v) is 9.69. The number of ether oxygens (including phenoxy) is 1. The Bertz CT molecular complexity index is 1050. The number of aryl methyl sites for hydroxylation is 2. The number of nitrogens with one attached hydrogen (secondary N) is 1. The second kappa shape index (κ2) is 8.75. The lowest BCUT2D eigenvalue weighted by Gasteiger charge is -2.10. The number of methoxy groups -OCH3 is 1. The van der Waals surface area contributed by atoms with Crippen LogP contribution in [0.15, 0.2) is 64.4 Å². The Morgan fingerprint density at radius 1 is 1.11 bits per heavy atom. The van der Waals surface area contributed by atoms with Gasteiger partial charge in [0.2, 0.25) is 5.91 Å². The molecule has 144 valence electrons. The number of carbonyl (C=O) groups excluding carboxylic acids is 1. The van der Waals surface area contributed by atoms with Gasteiger partial charge in [0.1, 0.15) is 10.8 Å². The number of nitrogens with zero attached hydrogens (tertiary/aromatic N) is 2. The van der Waals surface area contributed by atoms with Crippen molar-refractivity contribution in [3.8, 4) is 11.4 Å². The maximum Gasteiger partial charge on any atom is 0.271 e. The van der Waals surface area contributed by atoms with Crippen LogP contribution >= 0.6 is 11.8 Å². The molecule has 6 nitrogen and oxygen atoms in total. The molecule has 0 atom stereocenters. The van der Waals surface area contributed by atoms with Gasteiger partial charge in [-0.05, 0) is 55.8 Å². The third kappa shape index (κ3) is 4.80. The van der Waals surface area contributed by atoms with Crippen molar-refractivity contribution >= 4 is 23.4 Å². The molecule has 1 N–H and O–H groups in total. The largest absolute Gasteiger partial charge is 0.497 e. The Labute approximate surface area is 167 Å². The first kappa shape index (κ1) is 19.7. The monoisotopic (exact) mass is 395 g/mol. The number of aromatic nitrogens is 2. The van der Waals surface area contributed by atoms with E-state index in [2.05, 4.69) is 10.4 Å². The smallest absolute Gasteiger partial charge is 0.271 e. The van der Waals surface area contributed by atoms with Gasteiger partial charge in [0, 0.05) is 11.8 Å². The van der Waals surface area contributed by atoms with Gasteiger partial charge in [0.05, 0.1) is 18.6 Å². The molecule has 0 spiro atoms. The lowest BCUT2D eigenvalue weighted by Crippen LogP contribution is -2.21. The van der Waals surface area contributed by atoms with Crippen LogP contribution in [-0.4, -0.2) is 28.6 Å². The molecule has 0 aliphatic heterocycles. The van der Waals surface area contributed by atoms with Gasteiger partial charge >= 0.3 is 0 Å². The first-order chi connectivity index (χ1) is 13.5. The third-order valence-electron chi connectivity index (χ3n) is 4.10. The molecule has 0 aliphatic rings. The number of amides is 1. The average Bonchev–Trinajstić information content (AvgIpc) is 2.69. The van der Waals surface area contributed by atoms with E-state index in [1.807, 2.05) is 32.0 Å². The van der Waals surface area contributed by atoms with Crippen LogP contribution in [0.25, 0.3) is 5.69 Å². The van der Waals surface area contributed by atoms with Gasteiger partial charge in [-0.1, -0.05) is 29.5 Å². The van der Waals surface area contributed by atoms with Crippen LogP contribution in [0.5, 0.6) is 5.75 Å². The van der Waals surface area contributed by atoms with Gasteiger partial charge in [-0.2, -0.15) is 9.78 Å². The average molecular weight is 395 g/mol. The standard InChI is InChI=1S/C21H21N3O3S/c1-14-4-9-18(15(2)12-14)22-19(25)13-28-20-10-11-21(26)24(23-20)16-5-7-17(27-3)8-6-16/h4-12H,13H2,1-3H3,(H,22,25). The van der Waals surface area contributed by atoms with Crippen molar-refractivity contribution in [3.05, 3.63) is 76.1 Å². The minimum atomic E-state index is -0.241. The Hall–Kier alpha value is -3.06.